The third-order valence-corrected chi connectivity index (χ3v) is 5.38. The van der Waals surface area contributed by atoms with Crippen LogP contribution in [0.1, 0.15) is 29.9 Å². The zero-order valence-corrected chi connectivity index (χ0v) is 18.0. The minimum atomic E-state index is -1.07. The van der Waals surface area contributed by atoms with Crippen LogP contribution in [0.2, 0.25) is 0 Å². The fraction of sp³-hybridized carbons (Fsp3) is 0.167. The van der Waals surface area contributed by atoms with Crippen molar-refractivity contribution in [2.45, 2.75) is 19.5 Å². The highest BCUT2D eigenvalue weighted by Crippen LogP contribution is 2.42. The number of nitro groups is 1. The Kier molecular flexibility index (Phi) is 6.05. The van der Waals surface area contributed by atoms with Gasteiger partial charge in [0.05, 0.1) is 36.0 Å². The van der Waals surface area contributed by atoms with Crippen LogP contribution in [-0.2, 0) is 16.1 Å². The summed E-state index contributed by atoms with van der Waals surface area (Å²) in [5.41, 5.74) is -0.128. The molecule has 1 atom stereocenters. The first-order valence-corrected chi connectivity index (χ1v) is 10.3. The maximum absolute atomic E-state index is 13.1. The Bertz CT molecular complexity index is 1300. The van der Waals surface area contributed by atoms with Crippen LogP contribution in [0, 0.1) is 10.1 Å². The topological polar surface area (TPSA) is 143 Å². The van der Waals surface area contributed by atoms with Crippen molar-refractivity contribution in [2.75, 3.05) is 6.61 Å². The molecule has 3 aromatic rings. The lowest BCUT2D eigenvalue weighted by Crippen LogP contribution is -2.29. The Morgan fingerprint density at radius 2 is 1.97 bits per heavy atom. The number of phenols is 1. The number of amides is 1. The normalized spacial score (nSPS) is 17.2. The molecule has 0 radical (unpaired) electrons. The van der Waals surface area contributed by atoms with Crippen LogP contribution in [0.15, 0.2) is 70.9 Å². The molecule has 1 fully saturated rings. The second-order valence-corrected chi connectivity index (χ2v) is 7.47. The Morgan fingerprint density at radius 1 is 1.18 bits per heavy atom. The minimum Gasteiger partial charge on any atom is -0.507 e. The highest BCUT2D eigenvalue weighted by molar-refractivity contribution is 6.46. The second-order valence-electron chi connectivity index (χ2n) is 7.47. The van der Waals surface area contributed by atoms with E-state index < -0.39 is 28.4 Å². The Hall–Kier alpha value is -4.60. The van der Waals surface area contributed by atoms with E-state index in [2.05, 4.69) is 0 Å². The van der Waals surface area contributed by atoms with Crippen LogP contribution in [0.25, 0.3) is 5.76 Å². The quantitative estimate of drug-likeness (QED) is 0.176. The Labute approximate surface area is 193 Å². The van der Waals surface area contributed by atoms with Crippen molar-refractivity contribution in [1.29, 1.82) is 0 Å². The Balaban J connectivity index is 1.90. The number of aliphatic hydroxyl groups excluding tert-OH is 1. The lowest BCUT2D eigenvalue weighted by atomic mass is 9.94. The molecule has 1 aromatic heterocycles. The number of ketones is 1. The predicted octanol–water partition coefficient (Wildman–Crippen LogP) is 3.91. The number of carbonyl (C=O) groups is 2. The largest absolute Gasteiger partial charge is 0.507 e. The first-order chi connectivity index (χ1) is 16.3. The molecule has 4 rings (SSSR count). The van der Waals surface area contributed by atoms with Crippen LogP contribution < -0.4 is 4.74 Å². The monoisotopic (exact) mass is 464 g/mol. The van der Waals surface area contributed by atoms with Gasteiger partial charge in [0.1, 0.15) is 11.5 Å². The molecule has 10 heteroatoms. The van der Waals surface area contributed by atoms with Crippen molar-refractivity contribution in [3.63, 3.8) is 0 Å². The number of phenolic OH excluding ortho intramolecular Hbond substituents is 1. The molecular weight excluding hydrogens is 444 g/mol. The highest BCUT2D eigenvalue weighted by atomic mass is 16.6. The van der Waals surface area contributed by atoms with Crippen LogP contribution in [0.4, 0.5) is 5.69 Å². The van der Waals surface area contributed by atoms with E-state index in [1.165, 1.54) is 47.6 Å². The number of aliphatic hydroxyl groups is 1. The summed E-state index contributed by atoms with van der Waals surface area (Å²) in [4.78, 5) is 37.9. The number of aromatic hydroxyl groups is 1. The van der Waals surface area contributed by atoms with Gasteiger partial charge >= 0.3 is 0 Å². The fourth-order valence-electron chi connectivity index (χ4n) is 3.85. The first-order valence-electron chi connectivity index (χ1n) is 10.3. The standard InChI is InChI=1S/C24H20N2O8/c1-2-33-19-12-14(8-9-18(19)27)21-20(22(28)15-5-3-6-16(11-15)26(31)32)23(29)24(30)25(21)13-17-7-4-10-34-17/h3-12,21,27-28H,2,13H2,1H3. The van der Waals surface area contributed by atoms with Crippen molar-refractivity contribution in [1.82, 2.24) is 4.90 Å². The molecule has 0 saturated carbocycles. The molecule has 1 amide bonds. The number of hydrogen-bond acceptors (Lipinski definition) is 8. The van der Waals surface area contributed by atoms with E-state index in [1.807, 2.05) is 0 Å². The van der Waals surface area contributed by atoms with E-state index in [-0.39, 0.29) is 41.5 Å². The van der Waals surface area contributed by atoms with Crippen molar-refractivity contribution in [3.05, 3.63) is 93.4 Å². The number of Topliss-reactive ketones (excluding diaryl/α,β-unsaturated/α-hetero) is 1. The number of furan rings is 1. The van der Waals surface area contributed by atoms with Gasteiger partial charge in [0.15, 0.2) is 11.5 Å². The van der Waals surface area contributed by atoms with Gasteiger partial charge in [0.2, 0.25) is 0 Å². The fourth-order valence-corrected chi connectivity index (χ4v) is 3.85. The zero-order chi connectivity index (χ0) is 24.4. The molecule has 2 aromatic carbocycles. The van der Waals surface area contributed by atoms with Crippen molar-refractivity contribution >= 4 is 23.1 Å². The van der Waals surface area contributed by atoms with Gasteiger partial charge < -0.3 is 24.3 Å². The maximum Gasteiger partial charge on any atom is 0.296 e. The van der Waals surface area contributed by atoms with Crippen LogP contribution >= 0.6 is 0 Å². The molecule has 0 spiro atoms. The van der Waals surface area contributed by atoms with E-state index >= 15 is 0 Å². The lowest BCUT2D eigenvalue weighted by molar-refractivity contribution is -0.384. The summed E-state index contributed by atoms with van der Waals surface area (Å²) >= 11 is 0. The molecule has 174 valence electrons. The van der Waals surface area contributed by atoms with Gasteiger partial charge in [-0.25, -0.2) is 0 Å². The zero-order valence-electron chi connectivity index (χ0n) is 18.0. The first kappa shape index (κ1) is 22.6. The number of nitrogens with zero attached hydrogens (tertiary/aromatic N) is 2. The molecule has 1 unspecified atom stereocenters. The summed E-state index contributed by atoms with van der Waals surface area (Å²) in [6, 6.07) is 11.7. The van der Waals surface area contributed by atoms with Gasteiger partial charge in [-0.2, -0.15) is 0 Å². The SMILES string of the molecule is CCOc1cc(C2C(=C(O)c3cccc([N+](=O)[O-])c3)C(=O)C(=O)N2Cc2ccco2)ccc1O. The molecule has 2 N–H and O–H groups in total. The molecule has 1 aliphatic heterocycles. The van der Waals surface area contributed by atoms with Gasteiger partial charge in [-0.1, -0.05) is 18.2 Å². The number of ether oxygens (including phenoxy) is 1. The number of nitro benzene ring substituents is 1. The summed E-state index contributed by atoms with van der Waals surface area (Å²) in [5.74, 6) is -1.97. The van der Waals surface area contributed by atoms with Gasteiger partial charge in [-0.3, -0.25) is 19.7 Å². The van der Waals surface area contributed by atoms with E-state index in [4.69, 9.17) is 9.15 Å². The van der Waals surface area contributed by atoms with E-state index in [0.717, 1.165) is 6.07 Å². The summed E-state index contributed by atoms with van der Waals surface area (Å²) in [6.07, 6.45) is 1.43. The number of likely N-dealkylation sites (tertiary alicyclic amines) is 1. The maximum atomic E-state index is 13.1. The molecule has 0 aliphatic carbocycles. The Morgan fingerprint density at radius 3 is 2.65 bits per heavy atom. The van der Waals surface area contributed by atoms with Gasteiger partial charge in [-0.05, 0) is 36.8 Å². The highest BCUT2D eigenvalue weighted by Gasteiger charge is 2.46. The lowest BCUT2D eigenvalue weighted by Gasteiger charge is -2.25. The van der Waals surface area contributed by atoms with Gasteiger partial charge in [-0.15, -0.1) is 0 Å². The van der Waals surface area contributed by atoms with Crippen LogP contribution in [0.3, 0.4) is 0 Å². The van der Waals surface area contributed by atoms with E-state index in [1.54, 1.807) is 19.1 Å². The average Bonchev–Trinajstić information content (AvgIpc) is 3.43. The summed E-state index contributed by atoms with van der Waals surface area (Å²) < 4.78 is 10.8. The minimum absolute atomic E-state index is 0.0130. The number of carbonyl (C=O) groups excluding carboxylic acids is 2. The molecule has 1 saturated heterocycles. The van der Waals surface area contributed by atoms with Crippen molar-refractivity contribution in [2.24, 2.45) is 0 Å². The van der Waals surface area contributed by atoms with Crippen molar-refractivity contribution in [3.8, 4) is 11.5 Å². The molecular formula is C24H20N2O8. The molecule has 2 heterocycles. The summed E-state index contributed by atoms with van der Waals surface area (Å²) in [7, 11) is 0. The van der Waals surface area contributed by atoms with Crippen molar-refractivity contribution < 1.29 is 33.9 Å². The third kappa shape index (κ3) is 4.08. The number of benzene rings is 2. The number of hydrogen-bond donors (Lipinski definition) is 2. The van der Waals surface area contributed by atoms with E-state index in [0.29, 0.717) is 11.3 Å². The summed E-state index contributed by atoms with van der Waals surface area (Å²) in [6.45, 7) is 1.92. The molecule has 10 nitrogen and oxygen atoms in total. The van der Waals surface area contributed by atoms with E-state index in [9.17, 15) is 29.9 Å². The van der Waals surface area contributed by atoms with Crippen LogP contribution in [0.5, 0.6) is 11.5 Å². The summed E-state index contributed by atoms with van der Waals surface area (Å²) in [5, 5.41) is 32.4. The second kappa shape index (κ2) is 9.10. The molecule has 1 aliphatic rings. The molecule has 34 heavy (non-hydrogen) atoms. The molecule has 0 bridgehead atoms. The van der Waals surface area contributed by atoms with Gasteiger partial charge in [0, 0.05) is 17.7 Å². The predicted molar refractivity (Wildman–Crippen MR) is 119 cm³/mol. The third-order valence-electron chi connectivity index (χ3n) is 5.38. The number of non-ortho nitro benzene ring substituents is 1. The average molecular weight is 464 g/mol. The smallest absolute Gasteiger partial charge is 0.296 e. The van der Waals surface area contributed by atoms with Crippen LogP contribution in [-0.4, -0.2) is 38.3 Å². The van der Waals surface area contributed by atoms with Gasteiger partial charge in [0.25, 0.3) is 17.4 Å². The number of rotatable bonds is 7.